The van der Waals surface area contributed by atoms with E-state index in [4.69, 9.17) is 0 Å². The number of amides is 2. The molecule has 1 aliphatic carbocycles. The Morgan fingerprint density at radius 3 is 2.92 bits per heavy atom. The third kappa shape index (κ3) is 4.18. The van der Waals surface area contributed by atoms with Gasteiger partial charge >= 0.3 is 0 Å². The molecule has 136 valence electrons. The number of nitrogens with zero attached hydrogens (tertiary/aromatic N) is 1. The van der Waals surface area contributed by atoms with Gasteiger partial charge in [0.15, 0.2) is 0 Å². The molecule has 0 bridgehead atoms. The van der Waals surface area contributed by atoms with Gasteiger partial charge in [0.1, 0.15) is 5.82 Å². The number of aliphatic hydroxyl groups is 1. The SMILES string of the molecule is Cc1cc(N2CC(C(=O)NCC3CCCC(O)C3)CC2=O)ccc1F. The first-order chi connectivity index (χ1) is 11.9. The molecule has 6 heteroatoms. The summed E-state index contributed by atoms with van der Waals surface area (Å²) in [6, 6.07) is 4.56. The molecule has 1 saturated carbocycles. The van der Waals surface area contributed by atoms with E-state index < -0.39 is 0 Å². The van der Waals surface area contributed by atoms with Crippen molar-refractivity contribution in [3.63, 3.8) is 0 Å². The Morgan fingerprint density at radius 1 is 1.40 bits per heavy atom. The van der Waals surface area contributed by atoms with Crippen molar-refractivity contribution < 1.29 is 19.1 Å². The topological polar surface area (TPSA) is 69.6 Å². The number of aryl methyl sites for hydroxylation is 1. The average Bonchev–Trinajstić information content (AvgIpc) is 2.97. The molecule has 5 nitrogen and oxygen atoms in total. The third-order valence-electron chi connectivity index (χ3n) is 5.27. The Bertz CT molecular complexity index is 664. The highest BCUT2D eigenvalue weighted by Crippen LogP contribution is 2.27. The highest BCUT2D eigenvalue weighted by molar-refractivity contribution is 6.00. The van der Waals surface area contributed by atoms with Crippen molar-refractivity contribution in [3.8, 4) is 0 Å². The zero-order valence-electron chi connectivity index (χ0n) is 14.5. The number of aliphatic hydroxyl groups excluding tert-OH is 1. The molecule has 2 aliphatic rings. The van der Waals surface area contributed by atoms with Gasteiger partial charge in [-0.05, 0) is 55.9 Å². The largest absolute Gasteiger partial charge is 0.393 e. The van der Waals surface area contributed by atoms with Crippen LogP contribution in [-0.4, -0.2) is 36.1 Å². The van der Waals surface area contributed by atoms with E-state index in [1.54, 1.807) is 24.0 Å². The van der Waals surface area contributed by atoms with Crippen molar-refractivity contribution in [3.05, 3.63) is 29.6 Å². The number of carbonyl (C=O) groups is 2. The van der Waals surface area contributed by atoms with Gasteiger partial charge in [-0.15, -0.1) is 0 Å². The zero-order valence-corrected chi connectivity index (χ0v) is 14.5. The Morgan fingerprint density at radius 2 is 2.20 bits per heavy atom. The third-order valence-corrected chi connectivity index (χ3v) is 5.27. The van der Waals surface area contributed by atoms with E-state index in [0.29, 0.717) is 30.3 Å². The second-order valence-corrected chi connectivity index (χ2v) is 7.27. The summed E-state index contributed by atoms with van der Waals surface area (Å²) < 4.78 is 13.4. The molecular formula is C19H25FN2O3. The smallest absolute Gasteiger partial charge is 0.227 e. The van der Waals surface area contributed by atoms with E-state index in [-0.39, 0.29) is 36.1 Å². The monoisotopic (exact) mass is 348 g/mol. The molecule has 0 aromatic heterocycles. The highest BCUT2D eigenvalue weighted by Gasteiger charge is 2.35. The highest BCUT2D eigenvalue weighted by atomic mass is 19.1. The van der Waals surface area contributed by atoms with Crippen LogP contribution in [0.5, 0.6) is 0 Å². The molecule has 1 aliphatic heterocycles. The normalized spacial score (nSPS) is 26.8. The van der Waals surface area contributed by atoms with Crippen molar-refractivity contribution in [1.29, 1.82) is 0 Å². The molecule has 3 atom stereocenters. The predicted octanol–water partition coefficient (Wildman–Crippen LogP) is 2.15. The molecule has 3 rings (SSSR count). The van der Waals surface area contributed by atoms with Crippen LogP contribution in [0.25, 0.3) is 0 Å². The lowest BCUT2D eigenvalue weighted by atomic mass is 9.87. The van der Waals surface area contributed by atoms with Crippen LogP contribution >= 0.6 is 0 Å². The summed E-state index contributed by atoms with van der Waals surface area (Å²) in [5.41, 5.74) is 1.11. The Balaban J connectivity index is 1.56. The first-order valence-corrected chi connectivity index (χ1v) is 8.96. The molecular weight excluding hydrogens is 323 g/mol. The van der Waals surface area contributed by atoms with Gasteiger partial charge in [0, 0.05) is 25.2 Å². The van der Waals surface area contributed by atoms with E-state index in [2.05, 4.69) is 5.32 Å². The lowest BCUT2D eigenvalue weighted by molar-refractivity contribution is -0.126. The van der Waals surface area contributed by atoms with Gasteiger partial charge in [0.25, 0.3) is 0 Å². The van der Waals surface area contributed by atoms with Gasteiger partial charge in [0.2, 0.25) is 11.8 Å². The first-order valence-electron chi connectivity index (χ1n) is 8.96. The number of hydrogen-bond acceptors (Lipinski definition) is 3. The molecule has 2 fully saturated rings. The van der Waals surface area contributed by atoms with Crippen molar-refractivity contribution >= 4 is 17.5 Å². The van der Waals surface area contributed by atoms with E-state index >= 15 is 0 Å². The van der Waals surface area contributed by atoms with Crippen molar-refractivity contribution in [2.45, 2.75) is 45.1 Å². The molecule has 1 aromatic rings. The van der Waals surface area contributed by atoms with E-state index in [9.17, 15) is 19.1 Å². The predicted molar refractivity (Wildman–Crippen MR) is 92.6 cm³/mol. The quantitative estimate of drug-likeness (QED) is 0.876. The number of halogens is 1. The first kappa shape index (κ1) is 17.9. The minimum atomic E-state index is -0.383. The van der Waals surface area contributed by atoms with Crippen LogP contribution in [0.15, 0.2) is 18.2 Å². The van der Waals surface area contributed by atoms with Gasteiger partial charge < -0.3 is 15.3 Å². The molecule has 1 aromatic carbocycles. The van der Waals surface area contributed by atoms with Gasteiger partial charge in [-0.1, -0.05) is 6.42 Å². The molecule has 1 heterocycles. The summed E-state index contributed by atoms with van der Waals surface area (Å²) in [6.07, 6.45) is 3.48. The Hall–Kier alpha value is -1.95. The lowest BCUT2D eigenvalue weighted by Crippen LogP contribution is -2.37. The number of hydrogen-bond donors (Lipinski definition) is 2. The number of rotatable bonds is 4. The van der Waals surface area contributed by atoms with Crippen LogP contribution in [0, 0.1) is 24.6 Å². The summed E-state index contributed by atoms with van der Waals surface area (Å²) >= 11 is 0. The lowest BCUT2D eigenvalue weighted by Gasteiger charge is -2.26. The van der Waals surface area contributed by atoms with E-state index in [1.165, 1.54) is 6.07 Å². The number of nitrogens with one attached hydrogen (secondary N) is 1. The molecule has 0 spiro atoms. The van der Waals surface area contributed by atoms with Crippen molar-refractivity contribution in [1.82, 2.24) is 5.32 Å². The molecule has 2 N–H and O–H groups in total. The van der Waals surface area contributed by atoms with Crippen LogP contribution in [-0.2, 0) is 9.59 Å². The van der Waals surface area contributed by atoms with Gasteiger partial charge in [-0.3, -0.25) is 9.59 Å². The van der Waals surface area contributed by atoms with Crippen LogP contribution in [0.1, 0.15) is 37.7 Å². The number of anilines is 1. The minimum Gasteiger partial charge on any atom is -0.393 e. The molecule has 2 amide bonds. The second kappa shape index (κ2) is 7.52. The average molecular weight is 348 g/mol. The van der Waals surface area contributed by atoms with Crippen molar-refractivity contribution in [2.24, 2.45) is 11.8 Å². The van der Waals surface area contributed by atoms with Crippen molar-refractivity contribution in [2.75, 3.05) is 18.0 Å². The van der Waals surface area contributed by atoms with Crippen LogP contribution < -0.4 is 10.2 Å². The minimum absolute atomic E-state index is 0.112. The van der Waals surface area contributed by atoms with Gasteiger partial charge in [0.05, 0.1) is 12.0 Å². The van der Waals surface area contributed by atoms with E-state index in [0.717, 1.165) is 25.7 Å². The van der Waals surface area contributed by atoms with Crippen LogP contribution in [0.3, 0.4) is 0 Å². The zero-order chi connectivity index (χ0) is 18.0. The maximum Gasteiger partial charge on any atom is 0.227 e. The molecule has 25 heavy (non-hydrogen) atoms. The van der Waals surface area contributed by atoms with Crippen LogP contribution in [0.2, 0.25) is 0 Å². The summed E-state index contributed by atoms with van der Waals surface area (Å²) in [4.78, 5) is 26.2. The Kier molecular flexibility index (Phi) is 5.37. The van der Waals surface area contributed by atoms with Gasteiger partial charge in [-0.2, -0.15) is 0 Å². The fourth-order valence-electron chi connectivity index (χ4n) is 3.77. The molecule has 0 radical (unpaired) electrons. The maximum absolute atomic E-state index is 13.4. The summed E-state index contributed by atoms with van der Waals surface area (Å²) in [7, 11) is 0. The number of carbonyl (C=O) groups excluding carboxylic acids is 2. The van der Waals surface area contributed by atoms with Gasteiger partial charge in [-0.25, -0.2) is 4.39 Å². The molecule has 1 saturated heterocycles. The van der Waals surface area contributed by atoms with Crippen LogP contribution in [0.4, 0.5) is 10.1 Å². The summed E-state index contributed by atoms with van der Waals surface area (Å²) in [6.45, 7) is 2.53. The standard InChI is InChI=1S/C19H25FN2O3/c1-12-7-15(5-6-17(12)20)22-11-14(9-18(22)24)19(25)21-10-13-3-2-4-16(23)8-13/h5-7,13-14,16,23H,2-4,8-11H2,1H3,(H,21,25). The maximum atomic E-state index is 13.4. The fourth-order valence-corrected chi connectivity index (χ4v) is 3.77. The fraction of sp³-hybridized carbons (Fsp3) is 0.579. The summed E-state index contributed by atoms with van der Waals surface area (Å²) in [5, 5.41) is 12.6. The number of benzene rings is 1. The van der Waals surface area contributed by atoms with E-state index in [1.807, 2.05) is 0 Å². The summed E-state index contributed by atoms with van der Waals surface area (Å²) in [5.74, 6) is -0.611. The second-order valence-electron chi connectivity index (χ2n) is 7.27. The Labute approximate surface area is 147 Å². The molecule has 3 unspecified atom stereocenters.